The molecule has 4 heterocycles. The van der Waals surface area contributed by atoms with Gasteiger partial charge in [0.2, 0.25) is 16.8 Å². The largest absolute Gasteiger partial charge is 0.478 e. The van der Waals surface area contributed by atoms with Crippen molar-refractivity contribution in [1.82, 2.24) is 29.6 Å². The van der Waals surface area contributed by atoms with Crippen LogP contribution >= 0.6 is 11.3 Å². The van der Waals surface area contributed by atoms with Crippen LogP contribution < -0.4 is 9.64 Å². The number of aromatic nitrogens is 5. The van der Waals surface area contributed by atoms with E-state index in [1.807, 2.05) is 18.7 Å². The van der Waals surface area contributed by atoms with Gasteiger partial charge in [0.25, 0.3) is 0 Å². The maximum Gasteiger partial charge on any atom is 0.443 e. The molecule has 0 radical (unpaired) electrons. The summed E-state index contributed by atoms with van der Waals surface area (Å²) in [6.07, 6.45) is -3.09. The van der Waals surface area contributed by atoms with Crippen molar-refractivity contribution in [3.05, 3.63) is 35.0 Å². The van der Waals surface area contributed by atoms with Crippen LogP contribution in [0.15, 0.2) is 18.3 Å². The maximum atomic E-state index is 13.5. The van der Waals surface area contributed by atoms with Gasteiger partial charge in [-0.15, -0.1) is 0 Å². The third-order valence-corrected chi connectivity index (χ3v) is 6.80. The molecule has 0 aliphatic carbocycles. The number of pyridine rings is 1. The molecule has 0 unspecified atom stereocenters. The zero-order valence-electron chi connectivity index (χ0n) is 19.8. The van der Waals surface area contributed by atoms with Gasteiger partial charge in [0.1, 0.15) is 28.9 Å². The lowest BCUT2D eigenvalue weighted by Crippen LogP contribution is -2.54. The first-order valence-electron chi connectivity index (χ1n) is 11.2. The fraction of sp³-hybridized carbons (Fsp3) is 0.500. The number of anilines is 1. The minimum absolute atomic E-state index is 0.0683. The van der Waals surface area contributed by atoms with Gasteiger partial charge in [-0.25, -0.2) is 19.6 Å². The Morgan fingerprint density at radius 3 is 2.57 bits per heavy atom. The van der Waals surface area contributed by atoms with E-state index < -0.39 is 11.2 Å². The molecule has 0 N–H and O–H groups in total. The predicted octanol–water partition coefficient (Wildman–Crippen LogP) is 3.57. The number of alkyl halides is 3. The van der Waals surface area contributed by atoms with Gasteiger partial charge < -0.3 is 14.5 Å². The molecule has 0 spiro atoms. The van der Waals surface area contributed by atoms with Crippen LogP contribution in [0.2, 0.25) is 0 Å². The molecular weight excluding hydrogens is 483 g/mol. The van der Waals surface area contributed by atoms with E-state index in [1.54, 1.807) is 35.6 Å². The minimum atomic E-state index is -4.56. The number of carbonyl (C=O) groups excluding carboxylic acids is 1. The number of hydrogen-bond acceptors (Lipinski definition) is 8. The Morgan fingerprint density at radius 2 is 2.00 bits per heavy atom. The fourth-order valence-corrected chi connectivity index (χ4v) is 5.02. The summed E-state index contributed by atoms with van der Waals surface area (Å²) in [6.45, 7) is 8.87. The molecule has 9 nitrogen and oxygen atoms in total. The molecule has 0 bridgehead atoms. The Bertz CT molecular complexity index is 1190. The van der Waals surface area contributed by atoms with Gasteiger partial charge in [-0.2, -0.15) is 18.3 Å². The molecule has 1 saturated heterocycles. The summed E-state index contributed by atoms with van der Waals surface area (Å²) in [6, 6.07) is 3.05. The number of carbonyl (C=O) groups is 1. The molecule has 0 aromatic carbocycles. The van der Waals surface area contributed by atoms with Crippen molar-refractivity contribution in [2.75, 3.05) is 31.1 Å². The third-order valence-electron chi connectivity index (χ3n) is 5.64. The van der Waals surface area contributed by atoms with Gasteiger partial charge in [0, 0.05) is 43.5 Å². The van der Waals surface area contributed by atoms with E-state index in [0.717, 1.165) is 0 Å². The second kappa shape index (κ2) is 9.80. The van der Waals surface area contributed by atoms with Crippen LogP contribution in [0.5, 0.6) is 5.88 Å². The number of halogens is 3. The Balaban J connectivity index is 1.55. The Kier molecular flexibility index (Phi) is 6.97. The van der Waals surface area contributed by atoms with Crippen LogP contribution in [0.4, 0.5) is 18.2 Å². The average Bonchev–Trinajstić information content (AvgIpc) is 3.37. The summed E-state index contributed by atoms with van der Waals surface area (Å²) in [5, 5.41) is 3.73. The van der Waals surface area contributed by atoms with E-state index in [1.165, 1.54) is 6.20 Å². The van der Waals surface area contributed by atoms with Crippen molar-refractivity contribution in [3.63, 3.8) is 0 Å². The number of hydrogen-bond donors (Lipinski definition) is 0. The molecule has 3 aromatic rings. The van der Waals surface area contributed by atoms with E-state index >= 15 is 0 Å². The molecule has 0 saturated carbocycles. The summed E-state index contributed by atoms with van der Waals surface area (Å²) >= 11 is 0.606. The van der Waals surface area contributed by atoms with Crippen molar-refractivity contribution in [2.45, 2.75) is 46.5 Å². The van der Waals surface area contributed by atoms with Crippen molar-refractivity contribution >= 4 is 22.2 Å². The van der Waals surface area contributed by atoms with Crippen LogP contribution in [0.3, 0.4) is 0 Å². The normalized spacial score (nSPS) is 16.6. The summed E-state index contributed by atoms with van der Waals surface area (Å²) in [5.41, 5.74) is 0.692. The van der Waals surface area contributed by atoms with E-state index in [-0.39, 0.29) is 24.2 Å². The monoisotopic (exact) mass is 509 g/mol. The van der Waals surface area contributed by atoms with Crippen LogP contribution in [0.25, 0.3) is 11.3 Å². The summed E-state index contributed by atoms with van der Waals surface area (Å²) in [7, 11) is 0. The fourth-order valence-electron chi connectivity index (χ4n) is 4.03. The number of rotatable bonds is 6. The zero-order valence-corrected chi connectivity index (χ0v) is 20.7. The minimum Gasteiger partial charge on any atom is -0.478 e. The van der Waals surface area contributed by atoms with E-state index in [2.05, 4.69) is 20.1 Å². The van der Waals surface area contributed by atoms with Crippen LogP contribution in [0.1, 0.15) is 30.5 Å². The highest BCUT2D eigenvalue weighted by atomic mass is 32.1. The SMILES string of the molecule is CCOc1ccc(-c2nc(C(F)(F)F)sc2N2CCN(C(=O)Cn3nc(C)nc3C)[C@H](C)C2)cn1. The Hall–Kier alpha value is -3.22. The van der Waals surface area contributed by atoms with E-state index in [0.29, 0.717) is 65.7 Å². The zero-order chi connectivity index (χ0) is 25.3. The van der Waals surface area contributed by atoms with Gasteiger partial charge in [-0.05, 0) is 33.8 Å². The van der Waals surface area contributed by atoms with Crippen LogP contribution in [0, 0.1) is 13.8 Å². The Morgan fingerprint density at radius 1 is 1.23 bits per heavy atom. The average molecular weight is 510 g/mol. The first kappa shape index (κ1) is 24.9. The van der Waals surface area contributed by atoms with E-state index in [4.69, 9.17) is 4.74 Å². The number of amides is 1. The number of nitrogens with zero attached hydrogens (tertiary/aromatic N) is 7. The summed E-state index contributed by atoms with van der Waals surface area (Å²) in [4.78, 5) is 28.8. The standard InChI is InChI=1S/C22H26F3N7O2S/c1-5-34-17-7-6-16(10-26-17)19-20(35-21(28-19)22(23,24)25)30-8-9-31(13(2)11-30)18(33)12-32-15(4)27-14(3)29-32/h6-7,10,13H,5,8-9,11-12H2,1-4H3/t13-/m1/s1. The van der Waals surface area contributed by atoms with Crippen molar-refractivity contribution in [3.8, 4) is 17.1 Å². The molecule has 13 heteroatoms. The molecule has 3 aromatic heterocycles. The number of aryl methyl sites for hydroxylation is 2. The molecule has 1 aliphatic rings. The van der Waals surface area contributed by atoms with Gasteiger partial charge >= 0.3 is 6.18 Å². The lowest BCUT2D eigenvalue weighted by Gasteiger charge is -2.40. The Labute approximate surface area is 204 Å². The molecular formula is C22H26F3N7O2S. The third kappa shape index (κ3) is 5.39. The molecule has 4 rings (SSSR count). The molecule has 1 fully saturated rings. The molecule has 1 amide bonds. The quantitative estimate of drug-likeness (QED) is 0.502. The van der Waals surface area contributed by atoms with Crippen LogP contribution in [-0.4, -0.2) is 67.8 Å². The molecule has 35 heavy (non-hydrogen) atoms. The molecule has 1 aliphatic heterocycles. The molecule has 1 atom stereocenters. The van der Waals surface area contributed by atoms with E-state index in [9.17, 15) is 18.0 Å². The smallest absolute Gasteiger partial charge is 0.443 e. The van der Waals surface area contributed by atoms with Gasteiger partial charge in [-0.3, -0.25) is 4.79 Å². The maximum absolute atomic E-state index is 13.5. The van der Waals surface area contributed by atoms with Crippen LogP contribution in [-0.2, 0) is 17.5 Å². The van der Waals surface area contributed by atoms with Crippen molar-refractivity contribution in [1.29, 1.82) is 0 Å². The van der Waals surface area contributed by atoms with Gasteiger partial charge in [-0.1, -0.05) is 11.3 Å². The lowest BCUT2D eigenvalue weighted by atomic mass is 10.1. The lowest BCUT2D eigenvalue weighted by molar-refractivity contribution is -0.137. The highest BCUT2D eigenvalue weighted by Gasteiger charge is 2.38. The highest BCUT2D eigenvalue weighted by Crippen LogP contribution is 2.43. The predicted molar refractivity (Wildman–Crippen MR) is 124 cm³/mol. The first-order valence-corrected chi connectivity index (χ1v) is 12.0. The van der Waals surface area contributed by atoms with Gasteiger partial charge in [0.05, 0.1) is 6.61 Å². The van der Waals surface area contributed by atoms with Crippen molar-refractivity contribution < 1.29 is 22.7 Å². The molecule has 188 valence electrons. The van der Waals surface area contributed by atoms with Crippen molar-refractivity contribution in [2.24, 2.45) is 0 Å². The highest BCUT2D eigenvalue weighted by molar-refractivity contribution is 7.16. The number of thiazole rings is 1. The van der Waals surface area contributed by atoms with Gasteiger partial charge in [0.15, 0.2) is 0 Å². The second-order valence-corrected chi connectivity index (χ2v) is 9.21. The summed E-state index contributed by atoms with van der Waals surface area (Å²) < 4.78 is 47.5. The first-order chi connectivity index (χ1) is 16.6. The topological polar surface area (TPSA) is 89.3 Å². The number of ether oxygens (including phenoxy) is 1. The second-order valence-electron chi connectivity index (χ2n) is 8.23. The number of piperazine rings is 1. The summed E-state index contributed by atoms with van der Waals surface area (Å²) in [5.74, 6) is 1.53.